The zero-order valence-corrected chi connectivity index (χ0v) is 11.5. The predicted molar refractivity (Wildman–Crippen MR) is 73.1 cm³/mol. The normalized spacial score (nSPS) is 19.2. The summed E-state index contributed by atoms with van der Waals surface area (Å²) < 4.78 is 18.1. The number of carboxylic acids is 1. The molecule has 0 unspecified atom stereocenters. The molecule has 2 N–H and O–H groups in total. The van der Waals surface area contributed by atoms with Crippen LogP contribution in [0, 0.1) is 11.7 Å². The lowest BCUT2D eigenvalue weighted by Crippen LogP contribution is -2.31. The Morgan fingerprint density at radius 2 is 2.10 bits per heavy atom. The summed E-state index contributed by atoms with van der Waals surface area (Å²) in [7, 11) is 0. The highest BCUT2D eigenvalue weighted by Gasteiger charge is 2.22. The second kappa shape index (κ2) is 7.17. The Morgan fingerprint density at radius 3 is 2.67 bits per heavy atom. The van der Waals surface area contributed by atoms with Crippen molar-refractivity contribution in [3.8, 4) is 0 Å². The van der Waals surface area contributed by atoms with Gasteiger partial charge < -0.3 is 15.2 Å². The van der Waals surface area contributed by atoms with Gasteiger partial charge in [-0.1, -0.05) is 12.1 Å². The predicted octanol–water partition coefficient (Wildman–Crippen LogP) is 1.88. The van der Waals surface area contributed by atoms with Crippen LogP contribution in [0.25, 0.3) is 0 Å². The Morgan fingerprint density at radius 1 is 1.38 bits per heavy atom. The first kappa shape index (κ1) is 15.4. The van der Waals surface area contributed by atoms with Crippen LogP contribution in [0.4, 0.5) is 4.39 Å². The number of ether oxygens (including phenoxy) is 1. The van der Waals surface area contributed by atoms with Gasteiger partial charge >= 0.3 is 5.97 Å². The topological polar surface area (TPSA) is 75.6 Å². The summed E-state index contributed by atoms with van der Waals surface area (Å²) in [5.41, 5.74) is 0.579. The molecule has 0 aliphatic carbocycles. The Labute approximate surface area is 122 Å². The number of nitrogens with one attached hydrogen (secondary N) is 1. The van der Waals surface area contributed by atoms with E-state index in [1.165, 1.54) is 24.3 Å². The van der Waals surface area contributed by atoms with Crippen molar-refractivity contribution in [1.29, 1.82) is 0 Å². The van der Waals surface area contributed by atoms with Gasteiger partial charge in [-0.3, -0.25) is 9.59 Å². The largest absolute Gasteiger partial charge is 0.481 e. The number of aliphatic carboxylic acids is 1. The van der Waals surface area contributed by atoms with E-state index in [4.69, 9.17) is 9.84 Å². The first-order chi connectivity index (χ1) is 10.0. The average molecular weight is 295 g/mol. The van der Waals surface area contributed by atoms with Crippen molar-refractivity contribution in [3.05, 3.63) is 35.6 Å². The van der Waals surface area contributed by atoms with Crippen LogP contribution in [-0.2, 0) is 14.3 Å². The molecule has 114 valence electrons. The van der Waals surface area contributed by atoms with Gasteiger partial charge in [0.15, 0.2) is 0 Å². The van der Waals surface area contributed by atoms with Crippen molar-refractivity contribution in [2.45, 2.75) is 25.3 Å². The molecule has 5 nitrogen and oxygen atoms in total. The fourth-order valence-corrected chi connectivity index (χ4v) is 2.38. The molecule has 1 aliphatic rings. The summed E-state index contributed by atoms with van der Waals surface area (Å²) in [4.78, 5) is 22.9. The zero-order valence-electron chi connectivity index (χ0n) is 11.5. The number of rotatable bonds is 6. The van der Waals surface area contributed by atoms with Gasteiger partial charge in [0.1, 0.15) is 5.82 Å². The SMILES string of the molecule is O=C(O)C[C@@H](NC(=O)C[C@H]1CCOC1)c1ccc(F)cc1. The lowest BCUT2D eigenvalue weighted by atomic mass is 10.0. The molecule has 1 aromatic rings. The molecule has 6 heteroatoms. The van der Waals surface area contributed by atoms with Gasteiger partial charge in [0.2, 0.25) is 5.91 Å². The highest BCUT2D eigenvalue weighted by molar-refractivity contribution is 5.78. The maximum Gasteiger partial charge on any atom is 0.305 e. The molecule has 1 heterocycles. The molecule has 1 amide bonds. The van der Waals surface area contributed by atoms with Crippen molar-refractivity contribution in [2.75, 3.05) is 13.2 Å². The van der Waals surface area contributed by atoms with E-state index in [1.807, 2.05) is 0 Å². The quantitative estimate of drug-likeness (QED) is 0.840. The minimum atomic E-state index is -1.02. The molecule has 2 atom stereocenters. The van der Waals surface area contributed by atoms with Gasteiger partial charge in [0.05, 0.1) is 12.5 Å². The van der Waals surface area contributed by atoms with E-state index in [-0.39, 0.29) is 18.2 Å². The summed E-state index contributed by atoms with van der Waals surface area (Å²) in [6, 6.07) is 4.82. The summed E-state index contributed by atoms with van der Waals surface area (Å²) in [6.45, 7) is 1.22. The van der Waals surface area contributed by atoms with E-state index in [1.54, 1.807) is 0 Å². The molecule has 0 bridgehead atoms. The zero-order chi connectivity index (χ0) is 15.2. The first-order valence-electron chi connectivity index (χ1n) is 6.89. The lowest BCUT2D eigenvalue weighted by Gasteiger charge is -2.18. The average Bonchev–Trinajstić information content (AvgIpc) is 2.91. The number of carbonyl (C=O) groups excluding carboxylic acids is 1. The van der Waals surface area contributed by atoms with E-state index < -0.39 is 17.8 Å². The van der Waals surface area contributed by atoms with E-state index in [0.29, 0.717) is 25.2 Å². The van der Waals surface area contributed by atoms with Gasteiger partial charge in [-0.2, -0.15) is 0 Å². The Bertz CT molecular complexity index is 497. The molecule has 2 rings (SSSR count). The number of hydrogen-bond acceptors (Lipinski definition) is 3. The van der Waals surface area contributed by atoms with E-state index in [2.05, 4.69) is 5.32 Å². The van der Waals surface area contributed by atoms with Crippen LogP contribution < -0.4 is 5.32 Å². The molecule has 1 aliphatic heterocycles. The molecular weight excluding hydrogens is 277 g/mol. The van der Waals surface area contributed by atoms with Crippen LogP contribution in [-0.4, -0.2) is 30.2 Å². The minimum Gasteiger partial charge on any atom is -0.481 e. The highest BCUT2D eigenvalue weighted by atomic mass is 19.1. The van der Waals surface area contributed by atoms with Gasteiger partial charge in [-0.15, -0.1) is 0 Å². The van der Waals surface area contributed by atoms with Crippen molar-refractivity contribution < 1.29 is 23.8 Å². The fourth-order valence-electron chi connectivity index (χ4n) is 2.38. The smallest absolute Gasteiger partial charge is 0.305 e. The summed E-state index contributed by atoms with van der Waals surface area (Å²) >= 11 is 0. The van der Waals surface area contributed by atoms with Gasteiger partial charge in [-0.25, -0.2) is 4.39 Å². The molecule has 1 fully saturated rings. The van der Waals surface area contributed by atoms with Gasteiger partial charge in [0, 0.05) is 19.6 Å². The van der Waals surface area contributed by atoms with Gasteiger partial charge in [-0.05, 0) is 30.0 Å². The van der Waals surface area contributed by atoms with Crippen LogP contribution in [0.3, 0.4) is 0 Å². The summed E-state index contributed by atoms with van der Waals surface area (Å²) in [5, 5.41) is 11.7. The molecule has 0 spiro atoms. The van der Waals surface area contributed by atoms with Crippen LogP contribution in [0.1, 0.15) is 30.9 Å². The maximum absolute atomic E-state index is 12.9. The third-order valence-electron chi connectivity index (χ3n) is 3.48. The number of halogens is 1. The summed E-state index contributed by atoms with van der Waals surface area (Å²) in [5.74, 6) is -1.44. The summed E-state index contributed by atoms with van der Waals surface area (Å²) in [6.07, 6.45) is 0.920. The molecule has 0 radical (unpaired) electrons. The number of carboxylic acid groups (broad SMARTS) is 1. The van der Waals surface area contributed by atoms with Crippen LogP contribution in [0.2, 0.25) is 0 Å². The number of amides is 1. The molecular formula is C15H18FNO4. The third-order valence-corrected chi connectivity index (χ3v) is 3.48. The molecule has 0 aromatic heterocycles. The maximum atomic E-state index is 12.9. The Balaban J connectivity index is 1.99. The standard InChI is InChI=1S/C15H18FNO4/c16-12-3-1-11(2-4-12)13(8-15(19)20)17-14(18)7-10-5-6-21-9-10/h1-4,10,13H,5-9H2,(H,17,18)(H,19,20)/t10-,13-/m1/s1. The monoisotopic (exact) mass is 295 g/mol. The second-order valence-electron chi connectivity index (χ2n) is 5.20. The highest BCUT2D eigenvalue weighted by Crippen LogP contribution is 2.20. The van der Waals surface area contributed by atoms with Gasteiger partial charge in [0.25, 0.3) is 0 Å². The lowest BCUT2D eigenvalue weighted by molar-refractivity contribution is -0.137. The first-order valence-corrected chi connectivity index (χ1v) is 6.89. The van der Waals surface area contributed by atoms with Crippen molar-refractivity contribution >= 4 is 11.9 Å². The van der Waals surface area contributed by atoms with Crippen molar-refractivity contribution in [1.82, 2.24) is 5.32 Å². The molecule has 21 heavy (non-hydrogen) atoms. The van der Waals surface area contributed by atoms with E-state index in [9.17, 15) is 14.0 Å². The van der Waals surface area contributed by atoms with Crippen molar-refractivity contribution in [3.63, 3.8) is 0 Å². The number of benzene rings is 1. The Hall–Kier alpha value is -1.95. The van der Waals surface area contributed by atoms with E-state index >= 15 is 0 Å². The third kappa shape index (κ3) is 4.82. The fraction of sp³-hybridized carbons (Fsp3) is 0.467. The molecule has 1 saturated heterocycles. The second-order valence-corrected chi connectivity index (χ2v) is 5.20. The van der Waals surface area contributed by atoms with Crippen molar-refractivity contribution in [2.24, 2.45) is 5.92 Å². The number of hydrogen-bond donors (Lipinski definition) is 2. The van der Waals surface area contributed by atoms with E-state index in [0.717, 1.165) is 6.42 Å². The molecule has 1 aromatic carbocycles. The van der Waals surface area contributed by atoms with Crippen LogP contribution in [0.15, 0.2) is 24.3 Å². The van der Waals surface area contributed by atoms with Crippen LogP contribution in [0.5, 0.6) is 0 Å². The molecule has 0 saturated carbocycles. The number of carbonyl (C=O) groups is 2. The van der Waals surface area contributed by atoms with Crippen LogP contribution >= 0.6 is 0 Å². The Kier molecular flexibility index (Phi) is 5.27. The minimum absolute atomic E-state index is 0.184.